The molecule has 0 fully saturated rings. The second kappa shape index (κ2) is 8.67. The lowest BCUT2D eigenvalue weighted by Gasteiger charge is -2.07. The highest BCUT2D eigenvalue weighted by Crippen LogP contribution is 2.15. The average molecular weight is 346 g/mol. The first-order chi connectivity index (χ1) is 12.6. The van der Waals surface area contributed by atoms with Gasteiger partial charge in [0.2, 0.25) is 0 Å². The van der Waals surface area contributed by atoms with Crippen LogP contribution in [-0.4, -0.2) is 19.0 Å². The van der Waals surface area contributed by atoms with E-state index in [1.165, 1.54) is 19.4 Å². The number of para-hydroxylation sites is 1. The molecule has 0 aliphatic heterocycles. The molecule has 0 aliphatic rings. The number of nitrogens with zero attached hydrogens (tertiary/aromatic N) is 2. The minimum Gasteiger partial charge on any atom is -0.465 e. The predicted molar refractivity (Wildman–Crippen MR) is 94.9 cm³/mol. The van der Waals surface area contributed by atoms with Gasteiger partial charge in [-0.25, -0.2) is 4.79 Å². The predicted octanol–water partition coefficient (Wildman–Crippen LogP) is 2.80. The molecule has 0 aliphatic carbocycles. The van der Waals surface area contributed by atoms with E-state index < -0.39 is 11.9 Å². The maximum atomic E-state index is 12.2. The minimum absolute atomic E-state index is 0.193. The van der Waals surface area contributed by atoms with E-state index in [-0.39, 0.29) is 11.1 Å². The largest absolute Gasteiger partial charge is 0.465 e. The fourth-order valence-electron chi connectivity index (χ4n) is 2.04. The Bertz CT molecular complexity index is 952. The fraction of sp³-hybridized carbons (Fsp3) is 0.0526. The van der Waals surface area contributed by atoms with Gasteiger partial charge in [0.15, 0.2) is 0 Å². The number of benzene rings is 2. The van der Waals surface area contributed by atoms with Crippen molar-refractivity contribution in [3.8, 4) is 12.1 Å². The number of ether oxygens (including phenoxy) is 1. The fourth-order valence-corrected chi connectivity index (χ4v) is 2.04. The van der Waals surface area contributed by atoms with Crippen molar-refractivity contribution in [2.75, 3.05) is 17.7 Å². The molecule has 0 bridgehead atoms. The van der Waals surface area contributed by atoms with Crippen LogP contribution >= 0.6 is 0 Å². The molecule has 0 unspecified atom stereocenters. The Morgan fingerprint density at radius 2 is 1.88 bits per heavy atom. The lowest BCUT2D eigenvalue weighted by Crippen LogP contribution is -2.15. The number of carbonyl (C=O) groups excluding carboxylic acids is 2. The number of carbonyl (C=O) groups is 2. The van der Waals surface area contributed by atoms with Crippen molar-refractivity contribution in [2.45, 2.75) is 0 Å². The third-order valence-electron chi connectivity index (χ3n) is 3.33. The van der Waals surface area contributed by atoms with Gasteiger partial charge in [0, 0.05) is 11.9 Å². The summed E-state index contributed by atoms with van der Waals surface area (Å²) in [6.45, 7) is 0. The van der Waals surface area contributed by atoms with E-state index in [4.69, 9.17) is 5.26 Å². The second-order valence-electron chi connectivity index (χ2n) is 5.00. The van der Waals surface area contributed by atoms with Crippen LogP contribution in [0.5, 0.6) is 0 Å². The first kappa shape index (κ1) is 18.2. The zero-order chi connectivity index (χ0) is 18.9. The summed E-state index contributed by atoms with van der Waals surface area (Å²) in [5, 5.41) is 23.6. The summed E-state index contributed by atoms with van der Waals surface area (Å²) in [6, 6.07) is 16.6. The first-order valence-corrected chi connectivity index (χ1v) is 7.44. The Labute approximate surface area is 150 Å². The van der Waals surface area contributed by atoms with Crippen LogP contribution in [0, 0.1) is 22.7 Å². The molecule has 7 nitrogen and oxygen atoms in total. The van der Waals surface area contributed by atoms with Gasteiger partial charge in [-0.1, -0.05) is 18.2 Å². The monoisotopic (exact) mass is 346 g/mol. The highest BCUT2D eigenvalue weighted by molar-refractivity contribution is 6.07. The molecule has 26 heavy (non-hydrogen) atoms. The number of anilines is 2. The number of nitrogens with one attached hydrogen (secondary N) is 2. The molecule has 0 spiro atoms. The van der Waals surface area contributed by atoms with Crippen molar-refractivity contribution in [1.29, 1.82) is 10.5 Å². The number of amides is 1. The second-order valence-corrected chi connectivity index (χ2v) is 5.00. The summed E-state index contributed by atoms with van der Waals surface area (Å²) < 4.78 is 4.64. The van der Waals surface area contributed by atoms with Crippen LogP contribution in [0.2, 0.25) is 0 Å². The molecular formula is C19H14N4O3. The number of hydrogen-bond donors (Lipinski definition) is 2. The summed E-state index contributed by atoms with van der Waals surface area (Å²) in [4.78, 5) is 23.8. The summed E-state index contributed by atoms with van der Waals surface area (Å²) in [5.41, 5.74) is 1.25. The maximum Gasteiger partial charge on any atom is 0.337 e. The van der Waals surface area contributed by atoms with Crippen molar-refractivity contribution in [3.05, 3.63) is 71.4 Å². The van der Waals surface area contributed by atoms with Crippen LogP contribution in [-0.2, 0) is 9.53 Å². The molecule has 128 valence electrons. The summed E-state index contributed by atoms with van der Waals surface area (Å²) in [6.07, 6.45) is 1.22. The molecule has 0 heterocycles. The molecule has 1 amide bonds. The van der Waals surface area contributed by atoms with Crippen LogP contribution in [0.15, 0.2) is 60.3 Å². The molecule has 2 aromatic carbocycles. The first-order valence-electron chi connectivity index (χ1n) is 7.44. The zero-order valence-electron chi connectivity index (χ0n) is 13.8. The SMILES string of the molecule is COC(=O)c1cccc(N/C=C(/C#N)C(=O)Nc2ccccc2C#N)c1. The summed E-state index contributed by atoms with van der Waals surface area (Å²) >= 11 is 0. The van der Waals surface area contributed by atoms with Gasteiger partial charge in [0.1, 0.15) is 17.7 Å². The van der Waals surface area contributed by atoms with Crippen molar-refractivity contribution < 1.29 is 14.3 Å². The standard InChI is InChI=1S/C19H14N4O3/c1-26-19(25)13-6-4-7-16(9-13)22-12-15(11-21)18(24)23-17-8-3-2-5-14(17)10-20/h2-9,12,22H,1H3,(H,23,24)/b15-12-. The van der Waals surface area contributed by atoms with E-state index in [0.29, 0.717) is 16.9 Å². The number of esters is 1. The normalized spacial score (nSPS) is 10.2. The molecule has 0 radical (unpaired) electrons. The molecular weight excluding hydrogens is 332 g/mol. The van der Waals surface area contributed by atoms with E-state index in [0.717, 1.165) is 0 Å². The molecule has 0 saturated carbocycles. The van der Waals surface area contributed by atoms with Crippen LogP contribution in [0.4, 0.5) is 11.4 Å². The Morgan fingerprint density at radius 3 is 2.58 bits per heavy atom. The van der Waals surface area contributed by atoms with Crippen molar-refractivity contribution in [1.82, 2.24) is 0 Å². The maximum absolute atomic E-state index is 12.2. The molecule has 7 heteroatoms. The van der Waals surface area contributed by atoms with E-state index in [1.807, 2.05) is 6.07 Å². The zero-order valence-corrected chi connectivity index (χ0v) is 13.8. The van der Waals surface area contributed by atoms with Crippen molar-refractivity contribution in [2.24, 2.45) is 0 Å². The summed E-state index contributed by atoms with van der Waals surface area (Å²) in [7, 11) is 1.28. The summed E-state index contributed by atoms with van der Waals surface area (Å²) in [5.74, 6) is -1.16. The van der Waals surface area contributed by atoms with Gasteiger partial charge >= 0.3 is 5.97 Å². The van der Waals surface area contributed by atoms with E-state index in [2.05, 4.69) is 15.4 Å². The lowest BCUT2D eigenvalue weighted by molar-refractivity contribution is -0.112. The molecule has 0 aromatic heterocycles. The van der Waals surface area contributed by atoms with E-state index in [9.17, 15) is 14.9 Å². The Morgan fingerprint density at radius 1 is 1.12 bits per heavy atom. The third-order valence-corrected chi connectivity index (χ3v) is 3.33. The number of methoxy groups -OCH3 is 1. The molecule has 2 aromatic rings. The Kier molecular flexibility index (Phi) is 6.08. The minimum atomic E-state index is -0.660. The van der Waals surface area contributed by atoms with Crippen LogP contribution < -0.4 is 10.6 Å². The third kappa shape index (κ3) is 4.47. The topological polar surface area (TPSA) is 115 Å². The smallest absolute Gasteiger partial charge is 0.337 e. The number of rotatable bonds is 5. The van der Waals surface area contributed by atoms with Crippen molar-refractivity contribution in [3.63, 3.8) is 0 Å². The van der Waals surface area contributed by atoms with Gasteiger partial charge in [-0.05, 0) is 30.3 Å². The molecule has 0 atom stereocenters. The van der Waals surface area contributed by atoms with E-state index in [1.54, 1.807) is 48.5 Å². The lowest BCUT2D eigenvalue weighted by atomic mass is 10.2. The Hall–Kier alpha value is -4.10. The quantitative estimate of drug-likeness (QED) is 0.489. The van der Waals surface area contributed by atoms with Crippen LogP contribution in [0.3, 0.4) is 0 Å². The van der Waals surface area contributed by atoms with Crippen LogP contribution in [0.1, 0.15) is 15.9 Å². The van der Waals surface area contributed by atoms with Gasteiger partial charge in [-0.3, -0.25) is 4.79 Å². The van der Waals surface area contributed by atoms with Gasteiger partial charge in [-0.2, -0.15) is 10.5 Å². The number of hydrogen-bond acceptors (Lipinski definition) is 6. The highest BCUT2D eigenvalue weighted by Gasteiger charge is 2.12. The molecule has 2 rings (SSSR count). The van der Waals surface area contributed by atoms with Gasteiger partial charge in [0.05, 0.1) is 23.9 Å². The van der Waals surface area contributed by atoms with E-state index >= 15 is 0 Å². The van der Waals surface area contributed by atoms with Gasteiger partial charge in [0.25, 0.3) is 5.91 Å². The van der Waals surface area contributed by atoms with Gasteiger partial charge in [-0.15, -0.1) is 0 Å². The van der Waals surface area contributed by atoms with Gasteiger partial charge < -0.3 is 15.4 Å². The average Bonchev–Trinajstić information content (AvgIpc) is 2.68. The highest BCUT2D eigenvalue weighted by atomic mass is 16.5. The van der Waals surface area contributed by atoms with Crippen LogP contribution in [0.25, 0.3) is 0 Å². The van der Waals surface area contributed by atoms with Crippen molar-refractivity contribution >= 4 is 23.3 Å². The number of nitriles is 2. The molecule has 2 N–H and O–H groups in total. The molecule has 0 saturated heterocycles. The Balaban J connectivity index is 2.15.